The number of nitrogens with one attached hydrogen (secondary N) is 3. The highest BCUT2D eigenvalue weighted by atomic mass is 19.1. The molecule has 0 aliphatic carbocycles. The second kappa shape index (κ2) is 9.16. The summed E-state index contributed by atoms with van der Waals surface area (Å²) in [6, 6.07) is 8.90. The molecule has 0 bridgehead atoms. The lowest BCUT2D eigenvalue weighted by Gasteiger charge is -2.18. The Bertz CT molecular complexity index is 887. The number of benzene rings is 2. The molecule has 0 radical (unpaired) electrons. The van der Waals surface area contributed by atoms with Gasteiger partial charge in [0.15, 0.2) is 5.96 Å². The number of ether oxygens (including phenoxy) is 1. The number of carbonyl (C=O) groups is 1. The molecule has 3 N–H and O–H groups in total. The first-order chi connectivity index (χ1) is 13.5. The summed E-state index contributed by atoms with van der Waals surface area (Å²) in [5.41, 5.74) is 2.11. The molecule has 0 fully saturated rings. The second-order valence-electron chi connectivity index (χ2n) is 6.30. The van der Waals surface area contributed by atoms with Crippen molar-refractivity contribution < 1.29 is 18.3 Å². The summed E-state index contributed by atoms with van der Waals surface area (Å²) in [5, 5.41) is 8.82. The number of carbonyl (C=O) groups excluding carboxylic acids is 1. The number of nitrogens with zero attached hydrogens (tertiary/aromatic N) is 1. The van der Waals surface area contributed by atoms with Gasteiger partial charge in [0.25, 0.3) is 0 Å². The van der Waals surface area contributed by atoms with Gasteiger partial charge in [-0.3, -0.25) is 9.79 Å². The van der Waals surface area contributed by atoms with Gasteiger partial charge in [-0.05, 0) is 48.4 Å². The summed E-state index contributed by atoms with van der Waals surface area (Å²) in [4.78, 5) is 15.4. The number of fused-ring (bicyclic) bond motifs is 1. The van der Waals surface area contributed by atoms with Crippen molar-refractivity contribution >= 4 is 17.6 Å². The van der Waals surface area contributed by atoms with Gasteiger partial charge < -0.3 is 20.7 Å². The molecule has 0 spiro atoms. The minimum atomic E-state index is -0.487. The molecule has 1 heterocycles. The van der Waals surface area contributed by atoms with Crippen molar-refractivity contribution in [3.05, 3.63) is 59.2 Å². The van der Waals surface area contributed by atoms with Gasteiger partial charge in [-0.1, -0.05) is 0 Å². The Morgan fingerprint density at radius 2 is 2.04 bits per heavy atom. The lowest BCUT2D eigenvalue weighted by Crippen LogP contribution is -2.39. The van der Waals surface area contributed by atoms with Gasteiger partial charge in [0.05, 0.1) is 6.54 Å². The first kappa shape index (κ1) is 19.6. The SMILES string of the molecule is CN=C(NCCOc1ccc2c(c1)CCC(=O)N2)NCc1cc(F)ccc1F. The summed E-state index contributed by atoms with van der Waals surface area (Å²) < 4.78 is 32.6. The smallest absolute Gasteiger partial charge is 0.224 e. The van der Waals surface area contributed by atoms with E-state index in [2.05, 4.69) is 20.9 Å². The summed E-state index contributed by atoms with van der Waals surface area (Å²) >= 11 is 0. The normalized spacial score (nSPS) is 13.5. The van der Waals surface area contributed by atoms with E-state index in [1.165, 1.54) is 0 Å². The summed E-state index contributed by atoms with van der Waals surface area (Å²) in [6.45, 7) is 0.972. The molecule has 1 amide bonds. The van der Waals surface area contributed by atoms with Crippen LogP contribution in [0, 0.1) is 11.6 Å². The van der Waals surface area contributed by atoms with Crippen LogP contribution in [0.1, 0.15) is 17.5 Å². The molecule has 0 aromatic heterocycles. The van der Waals surface area contributed by atoms with Crippen molar-refractivity contribution in [1.29, 1.82) is 0 Å². The van der Waals surface area contributed by atoms with Crippen LogP contribution in [0.15, 0.2) is 41.4 Å². The summed E-state index contributed by atoms with van der Waals surface area (Å²) in [6.07, 6.45) is 1.18. The highest BCUT2D eigenvalue weighted by Crippen LogP contribution is 2.26. The fourth-order valence-corrected chi connectivity index (χ4v) is 2.87. The van der Waals surface area contributed by atoms with Gasteiger partial charge in [0.2, 0.25) is 5.91 Å². The quantitative estimate of drug-likeness (QED) is 0.404. The first-order valence-corrected chi connectivity index (χ1v) is 8.99. The largest absolute Gasteiger partial charge is 0.492 e. The van der Waals surface area contributed by atoms with Crippen LogP contribution in [-0.4, -0.2) is 32.1 Å². The van der Waals surface area contributed by atoms with Crippen molar-refractivity contribution in [2.45, 2.75) is 19.4 Å². The fourth-order valence-electron chi connectivity index (χ4n) is 2.87. The van der Waals surface area contributed by atoms with Gasteiger partial charge in [-0.25, -0.2) is 8.78 Å². The third-order valence-corrected chi connectivity index (χ3v) is 4.31. The average Bonchev–Trinajstić information content (AvgIpc) is 2.69. The number of rotatable bonds is 6. The highest BCUT2D eigenvalue weighted by molar-refractivity contribution is 5.94. The minimum absolute atomic E-state index is 0.0300. The lowest BCUT2D eigenvalue weighted by atomic mass is 10.0. The van der Waals surface area contributed by atoms with Crippen LogP contribution in [-0.2, 0) is 17.8 Å². The van der Waals surface area contributed by atoms with E-state index in [1.54, 1.807) is 7.05 Å². The van der Waals surface area contributed by atoms with Crippen LogP contribution in [0.2, 0.25) is 0 Å². The topological polar surface area (TPSA) is 74.8 Å². The van der Waals surface area contributed by atoms with E-state index in [0.717, 1.165) is 35.2 Å². The predicted octanol–water partition coefficient (Wildman–Crippen LogP) is 2.59. The van der Waals surface area contributed by atoms with E-state index in [4.69, 9.17) is 4.74 Å². The Kier molecular flexibility index (Phi) is 6.41. The van der Waals surface area contributed by atoms with Crippen LogP contribution in [0.4, 0.5) is 14.5 Å². The molecule has 0 saturated carbocycles. The van der Waals surface area contributed by atoms with Crippen molar-refractivity contribution in [1.82, 2.24) is 10.6 Å². The molecule has 0 saturated heterocycles. The number of aliphatic imine (C=N–C) groups is 1. The highest BCUT2D eigenvalue weighted by Gasteiger charge is 2.15. The third-order valence-electron chi connectivity index (χ3n) is 4.31. The molecule has 2 aromatic rings. The van der Waals surface area contributed by atoms with E-state index in [9.17, 15) is 13.6 Å². The molecule has 148 valence electrons. The molecule has 8 heteroatoms. The summed E-state index contributed by atoms with van der Waals surface area (Å²) in [5.74, 6) is 0.250. The van der Waals surface area contributed by atoms with Crippen molar-refractivity contribution in [3.63, 3.8) is 0 Å². The maximum Gasteiger partial charge on any atom is 0.224 e. The molecule has 6 nitrogen and oxygen atoms in total. The minimum Gasteiger partial charge on any atom is -0.492 e. The molecular formula is C20H22F2N4O2. The van der Waals surface area contributed by atoms with Gasteiger partial charge in [0.1, 0.15) is 24.0 Å². The van der Waals surface area contributed by atoms with E-state index in [-0.39, 0.29) is 18.0 Å². The van der Waals surface area contributed by atoms with Crippen LogP contribution >= 0.6 is 0 Å². The molecule has 0 atom stereocenters. The van der Waals surface area contributed by atoms with E-state index in [1.807, 2.05) is 18.2 Å². The number of halogens is 2. The number of amides is 1. The first-order valence-electron chi connectivity index (χ1n) is 8.99. The summed E-state index contributed by atoms with van der Waals surface area (Å²) in [7, 11) is 1.59. The lowest BCUT2D eigenvalue weighted by molar-refractivity contribution is -0.116. The van der Waals surface area contributed by atoms with Gasteiger partial charge in [-0.2, -0.15) is 0 Å². The molecule has 28 heavy (non-hydrogen) atoms. The zero-order chi connectivity index (χ0) is 19.9. The molecule has 0 unspecified atom stereocenters. The van der Waals surface area contributed by atoms with Gasteiger partial charge in [0, 0.05) is 31.3 Å². The molecule has 1 aliphatic heterocycles. The Morgan fingerprint density at radius 1 is 1.18 bits per heavy atom. The Hall–Kier alpha value is -3.16. The Morgan fingerprint density at radius 3 is 2.86 bits per heavy atom. The zero-order valence-corrected chi connectivity index (χ0v) is 15.5. The monoisotopic (exact) mass is 388 g/mol. The number of anilines is 1. The van der Waals surface area contributed by atoms with E-state index < -0.39 is 11.6 Å². The average molecular weight is 388 g/mol. The number of aryl methyl sites for hydroxylation is 1. The van der Waals surface area contributed by atoms with Gasteiger partial charge in [-0.15, -0.1) is 0 Å². The molecule has 1 aliphatic rings. The fraction of sp³-hybridized carbons (Fsp3) is 0.300. The Labute approximate surface area is 162 Å². The van der Waals surface area contributed by atoms with Crippen LogP contribution in [0.5, 0.6) is 5.75 Å². The van der Waals surface area contributed by atoms with Crippen LogP contribution in [0.25, 0.3) is 0 Å². The zero-order valence-electron chi connectivity index (χ0n) is 15.5. The van der Waals surface area contributed by atoms with Crippen LogP contribution in [0.3, 0.4) is 0 Å². The van der Waals surface area contributed by atoms with Crippen LogP contribution < -0.4 is 20.7 Å². The van der Waals surface area contributed by atoms with Crippen molar-refractivity contribution in [3.8, 4) is 5.75 Å². The van der Waals surface area contributed by atoms with Gasteiger partial charge >= 0.3 is 0 Å². The van der Waals surface area contributed by atoms with Crippen molar-refractivity contribution in [2.75, 3.05) is 25.5 Å². The maximum absolute atomic E-state index is 13.6. The third kappa shape index (κ3) is 5.18. The Balaban J connectivity index is 1.43. The standard InChI is InChI=1S/C20H22F2N4O2/c1-23-20(25-12-14-10-15(21)3-5-17(14)22)24-8-9-28-16-4-6-18-13(11-16)2-7-19(27)26-18/h3-6,10-11H,2,7-9,12H2,1H3,(H,26,27)(H2,23,24,25). The number of hydrogen-bond acceptors (Lipinski definition) is 3. The number of guanidine groups is 1. The molecule has 3 rings (SSSR count). The van der Waals surface area contributed by atoms with E-state index >= 15 is 0 Å². The van der Waals surface area contributed by atoms with Crippen molar-refractivity contribution in [2.24, 2.45) is 4.99 Å². The predicted molar refractivity (Wildman–Crippen MR) is 103 cm³/mol. The molecular weight excluding hydrogens is 366 g/mol. The molecule has 2 aromatic carbocycles. The second-order valence-corrected chi connectivity index (χ2v) is 6.30. The maximum atomic E-state index is 13.6. The number of hydrogen-bond donors (Lipinski definition) is 3. The van der Waals surface area contributed by atoms with E-state index in [0.29, 0.717) is 32.0 Å².